The fraction of sp³-hybridized carbons (Fsp3) is 0.222. The third kappa shape index (κ3) is 1.94. The molecule has 2 aromatic heterocycles. The fourth-order valence-electron chi connectivity index (χ4n) is 1.10. The van der Waals surface area contributed by atoms with E-state index in [0.717, 1.165) is 22.9 Å². The molecule has 0 aliphatic rings. The van der Waals surface area contributed by atoms with E-state index in [4.69, 9.17) is 0 Å². The average Bonchev–Trinajstić information content (AvgIpc) is 2.68. The first kappa shape index (κ1) is 9.23. The van der Waals surface area contributed by atoms with Crippen molar-refractivity contribution in [3.05, 3.63) is 29.7 Å². The van der Waals surface area contributed by atoms with Gasteiger partial charge >= 0.3 is 0 Å². The topological polar surface area (TPSA) is 50.7 Å². The lowest BCUT2D eigenvalue weighted by atomic mass is 10.4. The number of nitrogens with one attached hydrogen (secondary N) is 1. The monoisotopic (exact) mass is 206 g/mol. The van der Waals surface area contributed by atoms with Crippen molar-refractivity contribution in [2.45, 2.75) is 6.54 Å². The Morgan fingerprint density at radius 1 is 1.43 bits per heavy atom. The van der Waals surface area contributed by atoms with Gasteiger partial charge in [-0.1, -0.05) is 0 Å². The van der Waals surface area contributed by atoms with E-state index in [2.05, 4.69) is 20.3 Å². The molecule has 0 amide bonds. The molecule has 0 fully saturated rings. The van der Waals surface area contributed by atoms with Gasteiger partial charge in [-0.05, 0) is 7.05 Å². The van der Waals surface area contributed by atoms with E-state index in [1.807, 2.05) is 12.4 Å². The summed E-state index contributed by atoms with van der Waals surface area (Å²) in [5.41, 5.74) is 1.87. The van der Waals surface area contributed by atoms with Crippen LogP contribution < -0.4 is 5.32 Å². The predicted molar refractivity (Wildman–Crippen MR) is 55.9 cm³/mol. The van der Waals surface area contributed by atoms with Crippen LogP contribution in [0.25, 0.3) is 10.7 Å². The number of thiazole rings is 1. The summed E-state index contributed by atoms with van der Waals surface area (Å²) in [4.78, 5) is 12.6. The van der Waals surface area contributed by atoms with Gasteiger partial charge in [-0.3, -0.25) is 9.97 Å². The van der Waals surface area contributed by atoms with Crippen LogP contribution in [-0.4, -0.2) is 22.0 Å². The van der Waals surface area contributed by atoms with Gasteiger partial charge in [0.15, 0.2) is 0 Å². The van der Waals surface area contributed by atoms with Crippen molar-refractivity contribution in [1.29, 1.82) is 0 Å². The smallest absolute Gasteiger partial charge is 0.143 e. The fourth-order valence-corrected chi connectivity index (χ4v) is 1.88. The van der Waals surface area contributed by atoms with Crippen molar-refractivity contribution < 1.29 is 0 Å². The van der Waals surface area contributed by atoms with Crippen LogP contribution in [0.2, 0.25) is 0 Å². The normalized spacial score (nSPS) is 10.4. The van der Waals surface area contributed by atoms with Gasteiger partial charge in [-0.15, -0.1) is 11.3 Å². The minimum atomic E-state index is 0.788. The summed E-state index contributed by atoms with van der Waals surface area (Å²) >= 11 is 1.59. The maximum atomic E-state index is 4.42. The first-order valence-corrected chi connectivity index (χ1v) is 5.13. The molecule has 2 aromatic rings. The first-order chi connectivity index (χ1) is 6.90. The van der Waals surface area contributed by atoms with Crippen LogP contribution in [0.4, 0.5) is 0 Å². The predicted octanol–water partition coefficient (Wildman–Crippen LogP) is 1.32. The third-order valence-electron chi connectivity index (χ3n) is 1.69. The zero-order valence-corrected chi connectivity index (χ0v) is 8.58. The second-order valence-corrected chi connectivity index (χ2v) is 3.62. The van der Waals surface area contributed by atoms with Crippen LogP contribution in [0.1, 0.15) is 5.69 Å². The standard InChI is InChI=1S/C9H10N4S/c1-10-4-7-6-14-9(13-7)8-5-11-2-3-12-8/h2-3,5-6,10H,4H2,1H3. The van der Waals surface area contributed by atoms with E-state index in [0.29, 0.717) is 0 Å². The SMILES string of the molecule is CNCc1csc(-c2cnccn2)n1. The third-order valence-corrected chi connectivity index (χ3v) is 2.61. The molecule has 14 heavy (non-hydrogen) atoms. The lowest BCUT2D eigenvalue weighted by Gasteiger charge is -1.93. The molecule has 1 N–H and O–H groups in total. The molecule has 2 heterocycles. The highest BCUT2D eigenvalue weighted by atomic mass is 32.1. The Labute approximate surface area is 86.1 Å². The Hall–Kier alpha value is -1.33. The molecule has 0 atom stereocenters. The maximum Gasteiger partial charge on any atom is 0.143 e. The zero-order valence-electron chi connectivity index (χ0n) is 7.77. The molecule has 0 aliphatic carbocycles. The van der Waals surface area contributed by atoms with E-state index in [1.54, 1.807) is 29.9 Å². The number of nitrogens with zero attached hydrogens (tertiary/aromatic N) is 3. The highest BCUT2D eigenvalue weighted by molar-refractivity contribution is 7.13. The number of hydrogen-bond acceptors (Lipinski definition) is 5. The largest absolute Gasteiger partial charge is 0.314 e. The summed E-state index contributed by atoms with van der Waals surface area (Å²) < 4.78 is 0. The van der Waals surface area contributed by atoms with E-state index >= 15 is 0 Å². The average molecular weight is 206 g/mol. The highest BCUT2D eigenvalue weighted by Crippen LogP contribution is 2.20. The van der Waals surface area contributed by atoms with Crippen molar-refractivity contribution in [2.75, 3.05) is 7.05 Å². The Bertz CT molecular complexity index is 398. The van der Waals surface area contributed by atoms with Crippen LogP contribution >= 0.6 is 11.3 Å². The van der Waals surface area contributed by atoms with Gasteiger partial charge in [0.2, 0.25) is 0 Å². The molecular weight excluding hydrogens is 196 g/mol. The van der Waals surface area contributed by atoms with Crippen molar-refractivity contribution in [1.82, 2.24) is 20.3 Å². The molecule has 0 spiro atoms. The molecule has 0 saturated heterocycles. The van der Waals surface area contributed by atoms with Crippen molar-refractivity contribution in [2.24, 2.45) is 0 Å². The molecule has 0 saturated carbocycles. The summed E-state index contributed by atoms with van der Waals surface area (Å²) in [5, 5.41) is 6.00. The lowest BCUT2D eigenvalue weighted by Crippen LogP contribution is -2.04. The van der Waals surface area contributed by atoms with Crippen LogP contribution in [0.3, 0.4) is 0 Å². The molecule has 5 heteroatoms. The van der Waals surface area contributed by atoms with Crippen LogP contribution in [0, 0.1) is 0 Å². The summed E-state index contributed by atoms with van der Waals surface area (Å²) in [7, 11) is 1.90. The van der Waals surface area contributed by atoms with Crippen LogP contribution in [0.15, 0.2) is 24.0 Å². The molecule has 0 radical (unpaired) electrons. The van der Waals surface area contributed by atoms with Gasteiger partial charge < -0.3 is 5.32 Å². The minimum Gasteiger partial charge on any atom is -0.314 e. The maximum absolute atomic E-state index is 4.42. The van der Waals surface area contributed by atoms with Gasteiger partial charge in [0.25, 0.3) is 0 Å². The summed E-state index contributed by atoms with van der Waals surface area (Å²) in [6.07, 6.45) is 5.06. The van der Waals surface area contributed by atoms with Gasteiger partial charge in [0, 0.05) is 24.3 Å². The van der Waals surface area contributed by atoms with Crippen molar-refractivity contribution in [3.63, 3.8) is 0 Å². The Balaban J connectivity index is 2.25. The molecular formula is C9H10N4S. The molecule has 72 valence electrons. The molecule has 0 unspecified atom stereocenters. The van der Waals surface area contributed by atoms with Crippen LogP contribution in [-0.2, 0) is 6.54 Å². The molecule has 2 rings (SSSR count). The molecule has 0 bridgehead atoms. The summed E-state index contributed by atoms with van der Waals surface area (Å²) in [6, 6.07) is 0. The molecule has 4 nitrogen and oxygen atoms in total. The van der Waals surface area contributed by atoms with E-state index in [9.17, 15) is 0 Å². The van der Waals surface area contributed by atoms with Crippen molar-refractivity contribution >= 4 is 11.3 Å². The summed E-state index contributed by atoms with van der Waals surface area (Å²) in [5.74, 6) is 0. The Morgan fingerprint density at radius 2 is 2.36 bits per heavy atom. The second kappa shape index (κ2) is 4.26. The number of aromatic nitrogens is 3. The minimum absolute atomic E-state index is 0.788. The zero-order chi connectivity index (χ0) is 9.80. The lowest BCUT2D eigenvalue weighted by molar-refractivity contribution is 0.798. The quantitative estimate of drug-likeness (QED) is 0.823. The van der Waals surface area contributed by atoms with E-state index in [-0.39, 0.29) is 0 Å². The van der Waals surface area contributed by atoms with Gasteiger partial charge in [-0.25, -0.2) is 4.98 Å². The van der Waals surface area contributed by atoms with Gasteiger partial charge in [0.1, 0.15) is 10.7 Å². The molecule has 0 aromatic carbocycles. The van der Waals surface area contributed by atoms with Crippen molar-refractivity contribution in [3.8, 4) is 10.7 Å². The highest BCUT2D eigenvalue weighted by Gasteiger charge is 2.04. The van der Waals surface area contributed by atoms with E-state index < -0.39 is 0 Å². The second-order valence-electron chi connectivity index (χ2n) is 2.76. The van der Waals surface area contributed by atoms with Gasteiger partial charge in [-0.2, -0.15) is 0 Å². The van der Waals surface area contributed by atoms with Crippen LogP contribution in [0.5, 0.6) is 0 Å². The van der Waals surface area contributed by atoms with E-state index in [1.165, 1.54) is 0 Å². The molecule has 0 aliphatic heterocycles. The number of rotatable bonds is 3. The first-order valence-electron chi connectivity index (χ1n) is 4.25. The Kier molecular flexibility index (Phi) is 2.81. The Morgan fingerprint density at radius 3 is 3.07 bits per heavy atom. The number of hydrogen-bond donors (Lipinski definition) is 1. The van der Waals surface area contributed by atoms with Gasteiger partial charge in [0.05, 0.1) is 11.9 Å². The summed E-state index contributed by atoms with van der Waals surface area (Å²) in [6.45, 7) is 0.788.